The number of ether oxygens (including phenoxy) is 1. The van der Waals surface area contributed by atoms with Crippen LogP contribution in [0.5, 0.6) is 0 Å². The Kier molecular flexibility index (Phi) is 5.95. The molecular formula is C17H12F6N2O3. The van der Waals surface area contributed by atoms with Crippen LogP contribution in [0.15, 0.2) is 42.6 Å². The molecule has 1 aromatic carbocycles. The fourth-order valence-corrected chi connectivity index (χ4v) is 2.24. The zero-order valence-electron chi connectivity index (χ0n) is 14.1. The number of hydrogen-bond acceptors (Lipinski definition) is 4. The molecule has 1 aromatic heterocycles. The molecule has 1 N–H and O–H groups in total. The summed E-state index contributed by atoms with van der Waals surface area (Å²) >= 11 is 0. The van der Waals surface area contributed by atoms with E-state index in [2.05, 4.69) is 15.0 Å². The summed E-state index contributed by atoms with van der Waals surface area (Å²) in [7, 11) is 1.32. The lowest BCUT2D eigenvalue weighted by atomic mass is 10.0. The number of pyridine rings is 1. The quantitative estimate of drug-likeness (QED) is 0.618. The van der Waals surface area contributed by atoms with Crippen LogP contribution in [0.4, 0.5) is 26.3 Å². The van der Waals surface area contributed by atoms with Gasteiger partial charge >= 0.3 is 18.3 Å². The van der Waals surface area contributed by atoms with Crippen molar-refractivity contribution in [3.63, 3.8) is 0 Å². The standard InChI is InChI=1S/C17H12F6N2O3/c1-24-14(26)12-7-6-9(8-25-12)15(27)28-13(17(21,22)23)10-4-2-3-5-11(10)16(18,19)20/h2-8,13H,1H3,(H,24,26). The Labute approximate surface area is 154 Å². The van der Waals surface area contributed by atoms with E-state index in [0.717, 1.165) is 30.5 Å². The molecule has 1 amide bonds. The molecule has 0 saturated heterocycles. The SMILES string of the molecule is CNC(=O)c1ccc(C(=O)OC(c2ccccc2C(F)(F)F)C(F)(F)F)cn1. The maximum absolute atomic E-state index is 13.4. The molecule has 0 aliphatic carbocycles. The highest BCUT2D eigenvalue weighted by Gasteiger charge is 2.48. The number of halogens is 6. The Morgan fingerprint density at radius 2 is 1.68 bits per heavy atom. The zero-order valence-corrected chi connectivity index (χ0v) is 14.1. The predicted octanol–water partition coefficient (Wildman–Crippen LogP) is 3.92. The molecule has 0 saturated carbocycles. The lowest BCUT2D eigenvalue weighted by Crippen LogP contribution is -2.28. The first-order chi connectivity index (χ1) is 12.9. The lowest BCUT2D eigenvalue weighted by Gasteiger charge is -2.24. The summed E-state index contributed by atoms with van der Waals surface area (Å²) in [6.07, 6.45) is -12.7. The number of nitrogens with one attached hydrogen (secondary N) is 1. The summed E-state index contributed by atoms with van der Waals surface area (Å²) < 4.78 is 83.6. The Bertz CT molecular complexity index is 862. The Morgan fingerprint density at radius 1 is 1.04 bits per heavy atom. The summed E-state index contributed by atoms with van der Waals surface area (Å²) in [6.45, 7) is 0. The highest BCUT2D eigenvalue weighted by Crippen LogP contribution is 2.42. The van der Waals surface area contributed by atoms with Gasteiger partial charge in [0.15, 0.2) is 0 Å². The third-order valence-electron chi connectivity index (χ3n) is 3.53. The van der Waals surface area contributed by atoms with Crippen molar-refractivity contribution in [2.24, 2.45) is 0 Å². The molecule has 2 rings (SSSR count). The molecule has 2 aromatic rings. The summed E-state index contributed by atoms with van der Waals surface area (Å²) in [5.41, 5.74) is -3.40. The molecule has 0 aliphatic rings. The smallest absolute Gasteiger partial charge is 0.429 e. The predicted molar refractivity (Wildman–Crippen MR) is 83.3 cm³/mol. The number of nitrogens with zero attached hydrogens (tertiary/aromatic N) is 1. The van der Waals surface area contributed by atoms with Crippen LogP contribution in [0.2, 0.25) is 0 Å². The van der Waals surface area contributed by atoms with Crippen LogP contribution in [0, 0.1) is 0 Å². The molecule has 5 nitrogen and oxygen atoms in total. The van der Waals surface area contributed by atoms with Crippen molar-refractivity contribution in [1.82, 2.24) is 10.3 Å². The van der Waals surface area contributed by atoms with Gasteiger partial charge in [0.05, 0.1) is 11.1 Å². The second-order valence-corrected chi connectivity index (χ2v) is 5.42. The Morgan fingerprint density at radius 3 is 2.18 bits per heavy atom. The van der Waals surface area contributed by atoms with E-state index in [9.17, 15) is 35.9 Å². The molecule has 11 heteroatoms. The molecule has 150 valence electrons. The first-order valence-corrected chi connectivity index (χ1v) is 7.57. The van der Waals surface area contributed by atoms with E-state index in [4.69, 9.17) is 0 Å². The number of aromatic nitrogens is 1. The highest BCUT2D eigenvalue weighted by atomic mass is 19.4. The number of rotatable bonds is 4. The van der Waals surface area contributed by atoms with Gasteiger partial charge in [0, 0.05) is 18.8 Å². The van der Waals surface area contributed by atoms with Crippen molar-refractivity contribution in [3.05, 3.63) is 65.0 Å². The fraction of sp³-hybridized carbons (Fsp3) is 0.235. The molecule has 0 fully saturated rings. The molecule has 0 spiro atoms. The van der Waals surface area contributed by atoms with E-state index in [-0.39, 0.29) is 5.69 Å². The van der Waals surface area contributed by atoms with Crippen molar-refractivity contribution in [2.45, 2.75) is 18.5 Å². The molecule has 1 heterocycles. The molecule has 0 aliphatic heterocycles. The number of alkyl halides is 6. The van der Waals surface area contributed by atoms with E-state index >= 15 is 0 Å². The molecule has 1 atom stereocenters. The lowest BCUT2D eigenvalue weighted by molar-refractivity contribution is -0.209. The number of carbonyl (C=O) groups excluding carboxylic acids is 2. The molecule has 28 heavy (non-hydrogen) atoms. The van der Waals surface area contributed by atoms with Gasteiger partial charge in [-0.25, -0.2) is 4.79 Å². The monoisotopic (exact) mass is 406 g/mol. The molecular weight excluding hydrogens is 394 g/mol. The van der Waals surface area contributed by atoms with Crippen molar-refractivity contribution in [3.8, 4) is 0 Å². The third kappa shape index (κ3) is 4.78. The van der Waals surface area contributed by atoms with E-state index < -0.39 is 47.0 Å². The number of carbonyl (C=O) groups is 2. The van der Waals surface area contributed by atoms with E-state index in [1.165, 1.54) is 7.05 Å². The van der Waals surface area contributed by atoms with Gasteiger partial charge in [0.25, 0.3) is 5.91 Å². The molecule has 0 radical (unpaired) electrons. The van der Waals surface area contributed by atoms with E-state index in [1.54, 1.807) is 0 Å². The van der Waals surface area contributed by atoms with E-state index in [1.807, 2.05) is 0 Å². The number of hydrogen-bond donors (Lipinski definition) is 1. The van der Waals surface area contributed by atoms with Crippen LogP contribution in [0.25, 0.3) is 0 Å². The Balaban J connectivity index is 2.37. The van der Waals surface area contributed by atoms with Gasteiger partial charge in [-0.05, 0) is 18.2 Å². The summed E-state index contributed by atoms with van der Waals surface area (Å²) in [5.74, 6) is -2.15. The summed E-state index contributed by atoms with van der Waals surface area (Å²) in [5, 5.41) is 2.25. The summed E-state index contributed by atoms with van der Waals surface area (Å²) in [4.78, 5) is 27.0. The van der Waals surface area contributed by atoms with Crippen molar-refractivity contribution in [2.75, 3.05) is 7.05 Å². The highest BCUT2D eigenvalue weighted by molar-refractivity contribution is 5.94. The third-order valence-corrected chi connectivity index (χ3v) is 3.53. The van der Waals surface area contributed by atoms with Gasteiger partial charge in [-0.15, -0.1) is 0 Å². The fourth-order valence-electron chi connectivity index (χ4n) is 2.24. The molecule has 0 bridgehead atoms. The van der Waals surface area contributed by atoms with Crippen LogP contribution in [0.1, 0.15) is 38.1 Å². The van der Waals surface area contributed by atoms with Gasteiger partial charge in [-0.2, -0.15) is 26.3 Å². The number of esters is 1. The minimum atomic E-state index is -5.30. The van der Waals surface area contributed by atoms with Crippen LogP contribution >= 0.6 is 0 Å². The Hall–Kier alpha value is -3.11. The van der Waals surface area contributed by atoms with Crippen molar-refractivity contribution >= 4 is 11.9 Å². The van der Waals surface area contributed by atoms with Crippen LogP contribution in [0.3, 0.4) is 0 Å². The molecule has 1 unspecified atom stereocenters. The van der Waals surface area contributed by atoms with Crippen molar-refractivity contribution in [1.29, 1.82) is 0 Å². The maximum atomic E-state index is 13.4. The average Bonchev–Trinajstić information content (AvgIpc) is 2.63. The topological polar surface area (TPSA) is 68.3 Å². The normalized spacial score (nSPS) is 13.0. The minimum absolute atomic E-state index is 0.117. The maximum Gasteiger partial charge on any atom is 0.429 e. The van der Waals surface area contributed by atoms with Crippen LogP contribution in [-0.4, -0.2) is 30.1 Å². The van der Waals surface area contributed by atoms with Gasteiger partial charge in [-0.1, -0.05) is 18.2 Å². The van der Waals surface area contributed by atoms with Crippen LogP contribution < -0.4 is 5.32 Å². The van der Waals surface area contributed by atoms with Gasteiger partial charge in [0.2, 0.25) is 6.10 Å². The first kappa shape index (κ1) is 21.2. The second kappa shape index (κ2) is 7.87. The number of amides is 1. The van der Waals surface area contributed by atoms with Gasteiger partial charge in [0.1, 0.15) is 5.69 Å². The van der Waals surface area contributed by atoms with Crippen molar-refractivity contribution < 1.29 is 40.7 Å². The second-order valence-electron chi connectivity index (χ2n) is 5.42. The largest absolute Gasteiger partial charge is 0.444 e. The summed E-state index contributed by atoms with van der Waals surface area (Å²) in [6, 6.07) is 4.97. The van der Waals surface area contributed by atoms with Gasteiger partial charge in [-0.3, -0.25) is 9.78 Å². The zero-order chi connectivity index (χ0) is 21.1. The van der Waals surface area contributed by atoms with Crippen LogP contribution in [-0.2, 0) is 10.9 Å². The number of benzene rings is 1. The van der Waals surface area contributed by atoms with Gasteiger partial charge < -0.3 is 10.1 Å². The average molecular weight is 406 g/mol. The van der Waals surface area contributed by atoms with E-state index in [0.29, 0.717) is 12.1 Å². The first-order valence-electron chi connectivity index (χ1n) is 7.57. The minimum Gasteiger partial charge on any atom is -0.444 e.